The first-order valence-corrected chi connectivity index (χ1v) is 21.2. The van der Waals surface area contributed by atoms with Gasteiger partial charge in [0.2, 0.25) is 0 Å². The van der Waals surface area contributed by atoms with Crippen molar-refractivity contribution in [3.63, 3.8) is 0 Å². The summed E-state index contributed by atoms with van der Waals surface area (Å²) in [6, 6.07) is 79.2. The Kier molecular flexibility index (Phi) is 7.64. The molecule has 11 aromatic carbocycles. The van der Waals surface area contributed by atoms with E-state index >= 15 is 0 Å². The molecule has 2 nitrogen and oxygen atoms in total. The molecule has 0 spiro atoms. The first-order valence-electron chi connectivity index (χ1n) is 21.2. The quantitative estimate of drug-likeness (QED) is 0.162. The maximum absolute atomic E-state index is 6.42. The predicted molar refractivity (Wildman–Crippen MR) is 261 cm³/mol. The summed E-state index contributed by atoms with van der Waals surface area (Å²) in [6.07, 6.45) is 0. The number of fused-ring (bicyclic) bond motifs is 9. The molecule has 0 aliphatic heterocycles. The maximum atomic E-state index is 6.42. The van der Waals surface area contributed by atoms with Crippen molar-refractivity contribution in [2.45, 2.75) is 0 Å². The van der Waals surface area contributed by atoms with E-state index in [0.717, 1.165) is 66.1 Å². The molecule has 0 N–H and O–H groups in total. The Labute approximate surface area is 357 Å². The van der Waals surface area contributed by atoms with Crippen LogP contribution in [0.3, 0.4) is 0 Å². The van der Waals surface area contributed by atoms with Crippen molar-refractivity contribution in [2.75, 3.05) is 0 Å². The van der Waals surface area contributed by atoms with Crippen LogP contribution in [0.5, 0.6) is 0 Å². The lowest BCUT2D eigenvalue weighted by Gasteiger charge is -2.24. The van der Waals surface area contributed by atoms with Crippen LogP contribution >= 0.6 is 0 Å². The topological polar surface area (TPSA) is 26.3 Å². The van der Waals surface area contributed by atoms with Crippen LogP contribution in [0.15, 0.2) is 227 Å². The summed E-state index contributed by atoms with van der Waals surface area (Å²) in [4.78, 5) is 0. The molecule has 0 fully saturated rings. The van der Waals surface area contributed by atoms with Gasteiger partial charge in [-0.25, -0.2) is 0 Å². The fourth-order valence-corrected chi connectivity index (χ4v) is 10.1. The molecule has 0 atom stereocenters. The monoisotopic (exact) mass is 788 g/mol. The third-order valence-corrected chi connectivity index (χ3v) is 12.9. The third kappa shape index (κ3) is 5.30. The van der Waals surface area contributed by atoms with E-state index in [0.29, 0.717) is 0 Å². The zero-order valence-electron chi connectivity index (χ0n) is 33.6. The summed E-state index contributed by atoms with van der Waals surface area (Å²) >= 11 is 0. The largest absolute Gasteiger partial charge is 0.456 e. The average Bonchev–Trinajstić information content (AvgIpc) is 3.91. The summed E-state index contributed by atoms with van der Waals surface area (Å²) in [6.45, 7) is 0. The summed E-state index contributed by atoms with van der Waals surface area (Å²) in [5.41, 5.74) is 15.3. The van der Waals surface area contributed by atoms with Crippen LogP contribution in [-0.2, 0) is 0 Å². The van der Waals surface area contributed by atoms with E-state index in [1.165, 1.54) is 65.7 Å². The van der Waals surface area contributed by atoms with Crippen LogP contribution < -0.4 is 0 Å². The molecular formula is C60H36O2. The van der Waals surface area contributed by atoms with Gasteiger partial charge < -0.3 is 8.83 Å². The van der Waals surface area contributed by atoms with Crippen LogP contribution in [0.25, 0.3) is 132 Å². The van der Waals surface area contributed by atoms with Gasteiger partial charge in [-0.3, -0.25) is 0 Å². The molecule has 0 unspecified atom stereocenters. The summed E-state index contributed by atoms with van der Waals surface area (Å²) in [5, 5.41) is 11.7. The van der Waals surface area contributed by atoms with Crippen LogP contribution in [-0.4, -0.2) is 0 Å². The molecule has 0 amide bonds. The smallest absolute Gasteiger partial charge is 0.135 e. The Bertz CT molecular complexity index is 3860. The minimum atomic E-state index is 0.877. The van der Waals surface area contributed by atoms with Gasteiger partial charge in [0.25, 0.3) is 0 Å². The molecule has 62 heavy (non-hydrogen) atoms. The van der Waals surface area contributed by atoms with Gasteiger partial charge in [0.05, 0.1) is 0 Å². The lowest BCUT2D eigenvalue weighted by atomic mass is 9.79. The number of para-hydroxylation sites is 2. The normalized spacial score (nSPS) is 11.9. The Morgan fingerprint density at radius 2 is 0.677 bits per heavy atom. The SMILES string of the molecule is c1ccc(-c2c3ccccc3c(-c3c(-c4ccc5oc6ccccc6c5c4)cc(-c4ccc5oc6ccccc6c5c4)cc3-c3cccc4ccccc34)c3ccccc23)cc1. The highest BCUT2D eigenvalue weighted by molar-refractivity contribution is 6.25. The van der Waals surface area contributed by atoms with Gasteiger partial charge in [0.1, 0.15) is 22.3 Å². The molecule has 0 aliphatic rings. The second kappa shape index (κ2) is 13.7. The molecule has 0 aliphatic carbocycles. The first-order chi connectivity index (χ1) is 30.7. The molecule has 0 saturated carbocycles. The molecule has 0 bridgehead atoms. The number of furan rings is 2. The molecule has 13 aromatic rings. The highest BCUT2D eigenvalue weighted by Crippen LogP contribution is 2.52. The molecule has 0 radical (unpaired) electrons. The van der Waals surface area contributed by atoms with Crippen molar-refractivity contribution in [1.82, 2.24) is 0 Å². The first kappa shape index (κ1) is 34.6. The second-order valence-electron chi connectivity index (χ2n) is 16.3. The van der Waals surface area contributed by atoms with E-state index in [2.05, 4.69) is 200 Å². The predicted octanol–water partition coefficient (Wildman–Crippen LogP) is 17.3. The van der Waals surface area contributed by atoms with E-state index in [1.54, 1.807) is 0 Å². The average molecular weight is 789 g/mol. The molecule has 13 rings (SSSR count). The minimum absolute atomic E-state index is 0.877. The van der Waals surface area contributed by atoms with E-state index in [9.17, 15) is 0 Å². The van der Waals surface area contributed by atoms with E-state index < -0.39 is 0 Å². The van der Waals surface area contributed by atoms with Crippen LogP contribution in [0.4, 0.5) is 0 Å². The van der Waals surface area contributed by atoms with Crippen molar-refractivity contribution in [1.29, 1.82) is 0 Å². The van der Waals surface area contributed by atoms with Gasteiger partial charge in [-0.05, 0) is 136 Å². The molecule has 2 heterocycles. The second-order valence-corrected chi connectivity index (χ2v) is 16.3. The van der Waals surface area contributed by atoms with Gasteiger partial charge in [0.15, 0.2) is 0 Å². The lowest BCUT2D eigenvalue weighted by Crippen LogP contribution is -1.97. The zero-order valence-corrected chi connectivity index (χ0v) is 33.6. The van der Waals surface area contributed by atoms with Gasteiger partial charge in [-0.2, -0.15) is 0 Å². The highest BCUT2D eigenvalue weighted by atomic mass is 16.3. The standard InChI is InChI=1S/C60H36O2/c1-2-16-38(17-3-1)58-46-22-6-8-24-48(46)59(49-25-9-7-23-47(49)58)60-50(40-30-32-57-52(34-40)45-21-11-13-28-55(45)62-57)35-41(36-53(60)43-26-14-18-37-15-4-5-19-42(37)43)39-29-31-56-51(33-39)44-20-10-12-27-54(44)61-56/h1-36H. The number of rotatable bonds is 5. The fraction of sp³-hybridized carbons (Fsp3) is 0. The van der Waals surface area contributed by atoms with Gasteiger partial charge in [-0.1, -0.05) is 170 Å². The van der Waals surface area contributed by atoms with E-state index in [1.807, 2.05) is 18.2 Å². The lowest BCUT2D eigenvalue weighted by molar-refractivity contribution is 0.668. The van der Waals surface area contributed by atoms with Crippen molar-refractivity contribution < 1.29 is 8.83 Å². The molecular weight excluding hydrogens is 753 g/mol. The number of hydrogen-bond donors (Lipinski definition) is 0. The van der Waals surface area contributed by atoms with Crippen LogP contribution in [0.1, 0.15) is 0 Å². The van der Waals surface area contributed by atoms with Gasteiger partial charge in [0, 0.05) is 21.5 Å². The minimum Gasteiger partial charge on any atom is -0.456 e. The Morgan fingerprint density at radius 3 is 1.32 bits per heavy atom. The number of benzene rings is 11. The fourth-order valence-electron chi connectivity index (χ4n) is 10.1. The highest BCUT2D eigenvalue weighted by Gasteiger charge is 2.25. The number of hydrogen-bond acceptors (Lipinski definition) is 2. The Balaban J connectivity index is 1.22. The van der Waals surface area contributed by atoms with Gasteiger partial charge in [-0.15, -0.1) is 0 Å². The molecule has 2 heteroatoms. The van der Waals surface area contributed by atoms with Crippen LogP contribution in [0.2, 0.25) is 0 Å². The van der Waals surface area contributed by atoms with E-state index in [-0.39, 0.29) is 0 Å². The summed E-state index contributed by atoms with van der Waals surface area (Å²) < 4.78 is 12.8. The molecule has 288 valence electrons. The van der Waals surface area contributed by atoms with Gasteiger partial charge >= 0.3 is 0 Å². The Morgan fingerprint density at radius 1 is 0.210 bits per heavy atom. The molecule has 0 saturated heterocycles. The molecule has 2 aromatic heterocycles. The zero-order chi connectivity index (χ0) is 40.7. The Hall–Kier alpha value is -8.20. The van der Waals surface area contributed by atoms with E-state index in [4.69, 9.17) is 8.83 Å². The van der Waals surface area contributed by atoms with Crippen molar-refractivity contribution in [2.24, 2.45) is 0 Å². The van der Waals surface area contributed by atoms with Crippen molar-refractivity contribution in [3.8, 4) is 55.6 Å². The van der Waals surface area contributed by atoms with Crippen molar-refractivity contribution >= 4 is 76.2 Å². The summed E-state index contributed by atoms with van der Waals surface area (Å²) in [5.74, 6) is 0. The van der Waals surface area contributed by atoms with Crippen molar-refractivity contribution in [3.05, 3.63) is 218 Å². The maximum Gasteiger partial charge on any atom is 0.135 e. The van der Waals surface area contributed by atoms with Crippen LogP contribution in [0, 0.1) is 0 Å². The third-order valence-electron chi connectivity index (χ3n) is 12.9. The summed E-state index contributed by atoms with van der Waals surface area (Å²) in [7, 11) is 0.